The van der Waals surface area contributed by atoms with Crippen molar-refractivity contribution in [1.29, 1.82) is 0 Å². The first-order valence-electron chi connectivity index (χ1n) is 33.4. The zero-order chi connectivity index (χ0) is 74.7. The normalized spacial score (nSPS) is 25.6. The molecule has 6 saturated carbocycles. The molecule has 9 fully saturated rings. The smallest absolute Gasteiger partial charge is 0.403 e. The fourth-order valence-corrected chi connectivity index (χ4v) is 15.5. The van der Waals surface area contributed by atoms with Gasteiger partial charge < -0.3 is 42.3 Å². The lowest BCUT2D eigenvalue weighted by atomic mass is 10.1. The average Bonchev–Trinajstić information content (AvgIpc) is 1.55. The van der Waals surface area contributed by atoms with E-state index >= 15 is 0 Å². The minimum absolute atomic E-state index is 0.0268. The number of hydrogen-bond donors (Lipinski definition) is 0. The molecule has 6 heterocycles. The average molecular weight is 1510 g/mol. The quantitative estimate of drug-likeness (QED) is 0.0605. The molecule has 3 amide bonds. The van der Waals surface area contributed by atoms with E-state index in [0.717, 1.165) is 90.2 Å². The molecule has 0 N–H and O–H groups in total. The van der Waals surface area contributed by atoms with Gasteiger partial charge in [-0.1, -0.05) is 5.16 Å². The van der Waals surface area contributed by atoms with E-state index in [0.29, 0.717) is 74.9 Å². The Morgan fingerprint density at radius 3 is 1.17 bits per heavy atom. The molecule has 0 bridgehead atoms. The number of rotatable bonds is 21. The minimum atomic E-state index is -4.51. The summed E-state index contributed by atoms with van der Waals surface area (Å²) in [4.78, 5) is 49.1. The van der Waals surface area contributed by atoms with Gasteiger partial charge in [0, 0.05) is 90.6 Å². The van der Waals surface area contributed by atoms with Gasteiger partial charge in [-0.05, 0) is 151 Å². The minimum Gasteiger partial charge on any atom is -0.484 e. The van der Waals surface area contributed by atoms with E-state index in [4.69, 9.17) is 27.6 Å². The molecule has 3 saturated heterocycles. The topological polar surface area (TPSA) is 308 Å². The van der Waals surface area contributed by atoms with Gasteiger partial charge in [0.25, 0.3) is 35.5 Å². The van der Waals surface area contributed by atoms with E-state index in [2.05, 4.69) is 30.5 Å². The third-order valence-corrected chi connectivity index (χ3v) is 24.7. The van der Waals surface area contributed by atoms with Gasteiger partial charge in [0.15, 0.2) is 53.6 Å². The Bertz CT molecular complexity index is 4550. The SMILES string of the molecule is CC(Oc1ccc(S(C)(=O)=O)cc1C(=O)N1CC2CC2(c2nc(C3CC3)no2)C1)C(C)(F)F.CC(Oc1ccc(S(C)(=O)=O)cc1C(=O)N1CC2CC2(c2nnc(C3(C(F)(F)F)CC3)o2)C1)C(C)(F)F.CC(Oc1ccc(S(C)(=O)=O)cc1C(=O)N1CC2CC2(c2nnc(C3CC3)o2)C1)C(C)(F)F. The number of amides is 3. The third kappa shape index (κ3) is 14.3. The van der Waals surface area contributed by atoms with Crippen LogP contribution in [-0.2, 0) is 51.2 Å². The molecule has 36 heteroatoms. The molecule has 15 rings (SSSR count). The molecular weight excluding hydrogens is 1440 g/mol. The van der Waals surface area contributed by atoms with Gasteiger partial charge in [-0.3, -0.25) is 14.4 Å². The van der Waals surface area contributed by atoms with Gasteiger partial charge >= 0.3 is 6.18 Å². The summed E-state index contributed by atoms with van der Waals surface area (Å²) < 4.78 is 228. The van der Waals surface area contributed by atoms with Gasteiger partial charge in [0.05, 0.1) is 47.6 Å². The highest BCUT2D eigenvalue weighted by Crippen LogP contribution is 2.63. The van der Waals surface area contributed by atoms with E-state index in [9.17, 15) is 79.2 Å². The zero-order valence-electron chi connectivity index (χ0n) is 57.2. The molecule has 3 aromatic carbocycles. The van der Waals surface area contributed by atoms with Crippen molar-refractivity contribution in [2.24, 2.45) is 17.8 Å². The number of nitrogens with zero attached hydrogens (tertiary/aromatic N) is 9. The number of hydrogen-bond acceptors (Lipinski definition) is 21. The molecule has 9 aliphatic rings. The summed E-state index contributed by atoms with van der Waals surface area (Å²) in [6.07, 6.45) is -0.0473. The zero-order valence-corrected chi connectivity index (χ0v) is 59.6. The second kappa shape index (κ2) is 24.9. The van der Waals surface area contributed by atoms with Crippen LogP contribution in [0.5, 0.6) is 17.2 Å². The van der Waals surface area contributed by atoms with Crippen molar-refractivity contribution in [2.45, 2.75) is 190 Å². The lowest BCUT2D eigenvalue weighted by Gasteiger charge is -2.25. The molecule has 24 nitrogen and oxygen atoms in total. The highest BCUT2D eigenvalue weighted by Gasteiger charge is 2.71. The number of benzene rings is 3. The lowest BCUT2D eigenvalue weighted by Crippen LogP contribution is -2.35. The van der Waals surface area contributed by atoms with Gasteiger partial charge in [-0.15, -0.1) is 20.4 Å². The second-order valence-electron chi connectivity index (χ2n) is 29.6. The highest BCUT2D eigenvalue weighted by atomic mass is 32.2. The van der Waals surface area contributed by atoms with Crippen molar-refractivity contribution in [3.8, 4) is 17.2 Å². The van der Waals surface area contributed by atoms with E-state index in [1.165, 1.54) is 61.2 Å². The van der Waals surface area contributed by atoms with Crippen LogP contribution >= 0.6 is 0 Å². The molecule has 103 heavy (non-hydrogen) atoms. The van der Waals surface area contributed by atoms with Crippen LogP contribution in [0, 0.1) is 17.8 Å². The monoisotopic (exact) mass is 1510 g/mol. The van der Waals surface area contributed by atoms with Crippen molar-refractivity contribution in [3.63, 3.8) is 0 Å². The molecule has 6 aliphatic carbocycles. The summed E-state index contributed by atoms with van der Waals surface area (Å²) in [6.45, 7) is 7.41. The second-order valence-corrected chi connectivity index (χ2v) is 35.7. The van der Waals surface area contributed by atoms with Gasteiger partial charge in [-0.2, -0.15) is 18.2 Å². The molecule has 3 aliphatic heterocycles. The van der Waals surface area contributed by atoms with Crippen molar-refractivity contribution in [2.75, 3.05) is 58.0 Å². The maximum absolute atomic E-state index is 13.8. The summed E-state index contributed by atoms with van der Waals surface area (Å²) in [5, 5.41) is 20.0. The van der Waals surface area contributed by atoms with Crippen LogP contribution in [0.1, 0.15) is 178 Å². The van der Waals surface area contributed by atoms with Gasteiger partial charge in [-0.25, -0.2) is 51.6 Å². The first kappa shape index (κ1) is 73.4. The summed E-state index contributed by atoms with van der Waals surface area (Å²) in [5.74, 6) is -8.68. The number of ether oxygens (including phenoxy) is 3. The lowest BCUT2D eigenvalue weighted by molar-refractivity contribution is -0.165. The molecule has 6 aromatic rings. The predicted molar refractivity (Wildman–Crippen MR) is 342 cm³/mol. The molecule has 3 aromatic heterocycles. The summed E-state index contributed by atoms with van der Waals surface area (Å²) in [5.41, 5.74) is -4.05. The summed E-state index contributed by atoms with van der Waals surface area (Å²) >= 11 is 0. The Morgan fingerprint density at radius 2 is 0.835 bits per heavy atom. The van der Waals surface area contributed by atoms with Crippen molar-refractivity contribution >= 4 is 47.2 Å². The molecule has 9 atom stereocenters. The maximum Gasteiger partial charge on any atom is 0.403 e. The molecule has 9 unspecified atom stereocenters. The number of carbonyl (C=O) groups excluding carboxylic acids is 3. The number of likely N-dealkylation sites (tertiary alicyclic amines) is 3. The van der Waals surface area contributed by atoms with Gasteiger partial charge in [0.1, 0.15) is 22.7 Å². The van der Waals surface area contributed by atoms with Crippen LogP contribution in [0.3, 0.4) is 0 Å². The maximum atomic E-state index is 13.8. The van der Waals surface area contributed by atoms with Crippen LogP contribution in [0.2, 0.25) is 0 Å². The van der Waals surface area contributed by atoms with Crippen LogP contribution in [0.25, 0.3) is 0 Å². The predicted octanol–water partition coefficient (Wildman–Crippen LogP) is 10.3. The number of alkyl halides is 9. The van der Waals surface area contributed by atoms with Crippen LogP contribution in [0.4, 0.5) is 39.5 Å². The third-order valence-electron chi connectivity index (χ3n) is 21.3. The highest BCUT2D eigenvalue weighted by molar-refractivity contribution is 7.91. The Hall–Kier alpha value is -7.89. The number of halogens is 9. The number of aromatic nitrogens is 6. The van der Waals surface area contributed by atoms with E-state index in [1.807, 2.05) is 0 Å². The number of sulfone groups is 3. The Kier molecular flexibility index (Phi) is 17.7. The standard InChI is InChI=1S/C23H24F5N3O5S.2C22H25F2N3O5S/c1-12(20(2,24)25)35-16-5-4-14(37(3,33)34)8-15(16)17(32)31-10-13-9-21(13,11-31)18-29-30-19(36-18)22(6-7-22)23(26,27)28;1-12(21(2,23)24)31-17-7-6-15(33(3,29)30)8-16(17)19(28)27-10-14-9-22(14,11-27)20-26-25-18(32-20)13-4-5-13;1-12(21(2,23)24)31-17-7-6-15(33(3,29)30)8-16(17)19(28)27-10-14-9-22(14,11-27)20-25-18(26-32-20)13-4-5-13/h4-5,8,12-13H,6-7,9-11H2,1-3H3;2*6-8,12-14H,4-5,9-11H2,1-3H3. The Balaban J connectivity index is 0.000000138. The summed E-state index contributed by atoms with van der Waals surface area (Å²) in [6, 6.07) is 10.8. The van der Waals surface area contributed by atoms with Gasteiger partial charge in [0.2, 0.25) is 29.5 Å². The Labute approximate surface area is 585 Å². The first-order chi connectivity index (χ1) is 47.7. The Morgan fingerprint density at radius 1 is 0.495 bits per heavy atom. The van der Waals surface area contributed by atoms with Crippen LogP contribution in [-0.4, -0.2) is 189 Å². The number of carbonyl (C=O) groups is 3. The fraction of sp³-hybridized carbons (Fsp3) is 0.597. The van der Waals surface area contributed by atoms with Crippen molar-refractivity contribution in [3.05, 3.63) is 107 Å². The van der Waals surface area contributed by atoms with Crippen LogP contribution in [0.15, 0.2) is 82.6 Å². The summed E-state index contributed by atoms with van der Waals surface area (Å²) in [7, 11) is -11.0. The molecular formula is C67H74F9N9O15S3. The van der Waals surface area contributed by atoms with E-state index in [-0.39, 0.29) is 98.2 Å². The van der Waals surface area contributed by atoms with Crippen molar-refractivity contribution < 1.29 is 107 Å². The largest absolute Gasteiger partial charge is 0.484 e. The number of piperidine rings is 3. The molecule has 0 spiro atoms. The van der Waals surface area contributed by atoms with Crippen LogP contribution < -0.4 is 14.2 Å². The van der Waals surface area contributed by atoms with E-state index < -0.39 is 117 Å². The number of fused-ring (bicyclic) bond motifs is 3. The van der Waals surface area contributed by atoms with E-state index in [1.54, 1.807) is 9.80 Å². The fourth-order valence-electron chi connectivity index (χ4n) is 13.6. The molecule has 558 valence electrons. The molecule has 0 radical (unpaired) electrons. The van der Waals surface area contributed by atoms with Crippen molar-refractivity contribution in [1.82, 2.24) is 45.2 Å². The first-order valence-corrected chi connectivity index (χ1v) is 39.0.